The van der Waals surface area contributed by atoms with Gasteiger partial charge in [-0.15, -0.1) is 0 Å². The summed E-state index contributed by atoms with van der Waals surface area (Å²) in [5, 5.41) is 3.91. The van der Waals surface area contributed by atoms with E-state index in [-0.39, 0.29) is 0 Å². The highest BCUT2D eigenvalue weighted by Gasteiger charge is 2.24. The Balaban J connectivity index is 1.95. The molecule has 2 rings (SSSR count). The minimum Gasteiger partial charge on any atom is -0.338 e. The summed E-state index contributed by atoms with van der Waals surface area (Å²) in [6.07, 6.45) is 3.76. The fraction of sp³-hybridized carbons (Fsp3) is 0.800. The number of likely N-dealkylation sites (tertiary alicyclic amines) is 1. The van der Waals surface area contributed by atoms with Crippen LogP contribution in [-0.2, 0) is 13.1 Å². The molecule has 84 valence electrons. The van der Waals surface area contributed by atoms with Crippen LogP contribution in [0.1, 0.15) is 37.9 Å². The summed E-state index contributed by atoms with van der Waals surface area (Å²) in [5.41, 5.74) is 5.41. The molecule has 0 radical (unpaired) electrons. The molecular formula is C10H18N4O. The molecule has 1 aromatic rings. The summed E-state index contributed by atoms with van der Waals surface area (Å²) in [5.74, 6) is 1.29. The zero-order chi connectivity index (χ0) is 10.7. The first-order chi connectivity index (χ1) is 7.33. The van der Waals surface area contributed by atoms with Gasteiger partial charge in [-0.3, -0.25) is 4.90 Å². The average Bonchev–Trinajstić information content (AvgIpc) is 2.87. The maximum Gasteiger partial charge on any atom is 0.240 e. The van der Waals surface area contributed by atoms with Crippen molar-refractivity contribution in [3.63, 3.8) is 0 Å². The van der Waals surface area contributed by atoms with Crippen molar-refractivity contribution >= 4 is 0 Å². The predicted octanol–water partition coefficient (Wildman–Crippen LogP) is 0.903. The SMILES string of the molecule is CCC1CCCN1Cc1noc(CN)n1. The molecule has 0 aromatic carbocycles. The number of hydrogen-bond donors (Lipinski definition) is 1. The van der Waals surface area contributed by atoms with Gasteiger partial charge in [0.05, 0.1) is 13.1 Å². The third-order valence-electron chi connectivity index (χ3n) is 3.00. The van der Waals surface area contributed by atoms with Crippen molar-refractivity contribution in [2.24, 2.45) is 5.73 Å². The summed E-state index contributed by atoms with van der Waals surface area (Å²) in [4.78, 5) is 6.64. The zero-order valence-electron chi connectivity index (χ0n) is 9.15. The quantitative estimate of drug-likeness (QED) is 0.799. The average molecular weight is 210 g/mol. The molecule has 5 heteroatoms. The highest BCUT2D eigenvalue weighted by Crippen LogP contribution is 2.21. The fourth-order valence-corrected chi connectivity index (χ4v) is 2.18. The molecule has 2 heterocycles. The van der Waals surface area contributed by atoms with E-state index in [1.165, 1.54) is 19.3 Å². The van der Waals surface area contributed by atoms with E-state index >= 15 is 0 Å². The van der Waals surface area contributed by atoms with Crippen LogP contribution < -0.4 is 5.73 Å². The highest BCUT2D eigenvalue weighted by molar-refractivity contribution is 4.88. The molecule has 5 nitrogen and oxygen atoms in total. The van der Waals surface area contributed by atoms with Crippen LogP contribution in [0.4, 0.5) is 0 Å². The third kappa shape index (κ3) is 2.35. The molecular weight excluding hydrogens is 192 g/mol. The molecule has 2 N–H and O–H groups in total. The van der Waals surface area contributed by atoms with E-state index in [1.54, 1.807) is 0 Å². The first kappa shape index (κ1) is 10.6. The van der Waals surface area contributed by atoms with Gasteiger partial charge in [-0.2, -0.15) is 4.98 Å². The van der Waals surface area contributed by atoms with Crippen LogP contribution in [-0.4, -0.2) is 27.6 Å². The maximum absolute atomic E-state index is 5.41. The van der Waals surface area contributed by atoms with Crippen molar-refractivity contribution in [2.75, 3.05) is 6.54 Å². The van der Waals surface area contributed by atoms with Gasteiger partial charge in [-0.25, -0.2) is 0 Å². The van der Waals surface area contributed by atoms with Crippen molar-refractivity contribution in [1.82, 2.24) is 15.0 Å². The zero-order valence-corrected chi connectivity index (χ0v) is 9.15. The van der Waals surface area contributed by atoms with Crippen LogP contribution in [0.25, 0.3) is 0 Å². The molecule has 0 saturated carbocycles. The van der Waals surface area contributed by atoms with Gasteiger partial charge in [-0.1, -0.05) is 12.1 Å². The highest BCUT2D eigenvalue weighted by atomic mass is 16.5. The molecule has 0 spiro atoms. The molecule has 1 aliphatic heterocycles. The van der Waals surface area contributed by atoms with E-state index in [4.69, 9.17) is 10.3 Å². The summed E-state index contributed by atoms with van der Waals surface area (Å²) in [6.45, 7) is 4.49. The van der Waals surface area contributed by atoms with E-state index in [0.29, 0.717) is 18.5 Å². The summed E-state index contributed by atoms with van der Waals surface area (Å²) in [6, 6.07) is 0.685. The number of aromatic nitrogens is 2. The van der Waals surface area contributed by atoms with Crippen LogP contribution in [0.15, 0.2) is 4.52 Å². The van der Waals surface area contributed by atoms with Crippen LogP contribution in [0.3, 0.4) is 0 Å². The Morgan fingerprint density at radius 1 is 1.60 bits per heavy atom. The lowest BCUT2D eigenvalue weighted by Crippen LogP contribution is -2.28. The number of nitrogens with two attached hydrogens (primary N) is 1. The summed E-state index contributed by atoms with van der Waals surface area (Å²) >= 11 is 0. The predicted molar refractivity (Wildman–Crippen MR) is 55.9 cm³/mol. The van der Waals surface area contributed by atoms with Crippen molar-refractivity contribution in [2.45, 2.75) is 45.3 Å². The van der Waals surface area contributed by atoms with E-state index < -0.39 is 0 Å². The second-order valence-electron chi connectivity index (χ2n) is 3.98. The third-order valence-corrected chi connectivity index (χ3v) is 3.00. The Bertz CT molecular complexity index is 312. The number of nitrogens with zero attached hydrogens (tertiary/aromatic N) is 3. The Kier molecular flexibility index (Phi) is 3.33. The van der Waals surface area contributed by atoms with Gasteiger partial charge < -0.3 is 10.3 Å². The lowest BCUT2D eigenvalue weighted by Gasteiger charge is -2.21. The topological polar surface area (TPSA) is 68.2 Å². The Morgan fingerprint density at radius 2 is 2.47 bits per heavy atom. The van der Waals surface area contributed by atoms with Gasteiger partial charge in [0, 0.05) is 6.04 Å². The van der Waals surface area contributed by atoms with Crippen molar-refractivity contribution in [3.05, 3.63) is 11.7 Å². The molecule has 0 aliphatic carbocycles. The molecule has 1 aromatic heterocycles. The molecule has 1 aliphatic rings. The van der Waals surface area contributed by atoms with Gasteiger partial charge in [-0.05, 0) is 25.8 Å². The van der Waals surface area contributed by atoms with Gasteiger partial charge in [0.25, 0.3) is 0 Å². The molecule has 15 heavy (non-hydrogen) atoms. The van der Waals surface area contributed by atoms with Crippen molar-refractivity contribution < 1.29 is 4.52 Å². The Labute approximate surface area is 89.6 Å². The minimum atomic E-state index is 0.324. The second kappa shape index (κ2) is 4.72. The van der Waals surface area contributed by atoms with E-state index in [9.17, 15) is 0 Å². The molecule has 1 atom stereocenters. The van der Waals surface area contributed by atoms with Crippen molar-refractivity contribution in [3.8, 4) is 0 Å². The Hall–Kier alpha value is -0.940. The normalized spacial score (nSPS) is 22.4. The van der Waals surface area contributed by atoms with Gasteiger partial charge in [0.2, 0.25) is 5.89 Å². The van der Waals surface area contributed by atoms with Crippen LogP contribution >= 0.6 is 0 Å². The van der Waals surface area contributed by atoms with Crippen molar-refractivity contribution in [1.29, 1.82) is 0 Å². The number of rotatable bonds is 4. The number of hydrogen-bond acceptors (Lipinski definition) is 5. The first-order valence-corrected chi connectivity index (χ1v) is 5.59. The van der Waals surface area contributed by atoms with Gasteiger partial charge >= 0.3 is 0 Å². The minimum absolute atomic E-state index is 0.324. The van der Waals surface area contributed by atoms with E-state index in [0.717, 1.165) is 18.9 Å². The van der Waals surface area contributed by atoms with Gasteiger partial charge in [0.1, 0.15) is 0 Å². The van der Waals surface area contributed by atoms with Crippen LogP contribution in [0.5, 0.6) is 0 Å². The second-order valence-corrected chi connectivity index (χ2v) is 3.98. The molecule has 0 bridgehead atoms. The maximum atomic E-state index is 5.41. The molecule has 1 saturated heterocycles. The standard InChI is InChI=1S/C10H18N4O/c1-2-8-4-3-5-14(8)7-9-12-10(6-11)15-13-9/h8H,2-7,11H2,1H3. The molecule has 1 fully saturated rings. The van der Waals surface area contributed by atoms with Crippen LogP contribution in [0, 0.1) is 0 Å². The molecule has 1 unspecified atom stereocenters. The lowest BCUT2D eigenvalue weighted by atomic mass is 10.2. The molecule has 0 amide bonds. The fourth-order valence-electron chi connectivity index (χ4n) is 2.18. The van der Waals surface area contributed by atoms with E-state index in [1.807, 2.05) is 0 Å². The monoisotopic (exact) mass is 210 g/mol. The van der Waals surface area contributed by atoms with Gasteiger partial charge in [0.15, 0.2) is 5.82 Å². The Morgan fingerprint density at radius 3 is 3.13 bits per heavy atom. The lowest BCUT2D eigenvalue weighted by molar-refractivity contribution is 0.230. The summed E-state index contributed by atoms with van der Waals surface area (Å²) < 4.78 is 4.98. The summed E-state index contributed by atoms with van der Waals surface area (Å²) in [7, 11) is 0. The van der Waals surface area contributed by atoms with E-state index in [2.05, 4.69) is 22.0 Å². The smallest absolute Gasteiger partial charge is 0.240 e. The first-order valence-electron chi connectivity index (χ1n) is 5.59. The largest absolute Gasteiger partial charge is 0.338 e. The van der Waals surface area contributed by atoms with Crippen LogP contribution in [0.2, 0.25) is 0 Å².